The first kappa shape index (κ1) is 26.0. The van der Waals surface area contributed by atoms with Crippen molar-refractivity contribution in [2.45, 2.75) is 36.8 Å². The Balaban J connectivity index is 1.64. The van der Waals surface area contributed by atoms with E-state index in [2.05, 4.69) is 29.8 Å². The van der Waals surface area contributed by atoms with Crippen LogP contribution in [0, 0.1) is 18.3 Å². The van der Waals surface area contributed by atoms with Crippen LogP contribution in [0.5, 0.6) is 11.6 Å². The van der Waals surface area contributed by atoms with Crippen molar-refractivity contribution in [3.63, 3.8) is 0 Å². The molecule has 0 saturated heterocycles. The van der Waals surface area contributed by atoms with E-state index in [0.717, 1.165) is 0 Å². The summed E-state index contributed by atoms with van der Waals surface area (Å²) in [6.07, 6.45) is 1.94. The molecule has 0 spiro atoms. The number of aryl methyl sites for hydroxylation is 2. The fourth-order valence-corrected chi connectivity index (χ4v) is 4.85. The Morgan fingerprint density at radius 2 is 1.92 bits per heavy atom. The van der Waals surface area contributed by atoms with E-state index in [0.29, 0.717) is 18.4 Å². The van der Waals surface area contributed by atoms with E-state index in [1.54, 1.807) is 7.05 Å². The minimum atomic E-state index is -4.77. The van der Waals surface area contributed by atoms with Crippen molar-refractivity contribution >= 4 is 15.7 Å². The second kappa shape index (κ2) is 9.62. The highest BCUT2D eigenvalue weighted by Gasteiger charge is 2.39. The van der Waals surface area contributed by atoms with Gasteiger partial charge in [0.15, 0.2) is 5.75 Å². The van der Waals surface area contributed by atoms with Crippen LogP contribution >= 0.6 is 0 Å². The maximum Gasteiger partial charge on any atom is 0.451 e. The molecule has 0 atom stereocenters. The summed E-state index contributed by atoms with van der Waals surface area (Å²) in [5.41, 5.74) is 0.932. The second-order valence-corrected chi connectivity index (χ2v) is 10.5. The van der Waals surface area contributed by atoms with E-state index in [1.807, 2.05) is 6.07 Å². The van der Waals surface area contributed by atoms with Crippen molar-refractivity contribution in [3.8, 4) is 29.0 Å². The number of hydrogen-bond donors (Lipinski definition) is 1. The number of rotatable bonds is 7. The van der Waals surface area contributed by atoms with Crippen LogP contribution in [0.15, 0.2) is 47.9 Å². The first-order chi connectivity index (χ1) is 18.4. The third kappa shape index (κ3) is 5.50. The van der Waals surface area contributed by atoms with Gasteiger partial charge in [0, 0.05) is 37.1 Å². The van der Waals surface area contributed by atoms with Gasteiger partial charge in [-0.25, -0.2) is 23.4 Å². The largest absolute Gasteiger partial charge is 0.451 e. The molecule has 200 valence electrons. The topological polar surface area (TPSA) is 149 Å². The van der Waals surface area contributed by atoms with Crippen molar-refractivity contribution in [3.05, 3.63) is 65.8 Å². The molecule has 0 bridgehead atoms. The SMILES string of the molecule is Cc1nc(C(F)(F)F)nc(C2CC2)c1Oc1nc(-c2cncc(C#N)c2)ccc1S(=O)(=O)Nc1cnn(C)c1. The highest BCUT2D eigenvalue weighted by Crippen LogP contribution is 2.46. The number of pyridine rings is 2. The number of nitrogens with zero attached hydrogens (tertiary/aromatic N) is 7. The van der Waals surface area contributed by atoms with Crippen molar-refractivity contribution in [1.29, 1.82) is 5.26 Å². The normalized spacial score (nSPS) is 13.6. The van der Waals surface area contributed by atoms with E-state index >= 15 is 0 Å². The summed E-state index contributed by atoms with van der Waals surface area (Å²) in [5, 5.41) is 13.2. The molecule has 11 nitrogen and oxygen atoms in total. The van der Waals surface area contributed by atoms with E-state index in [4.69, 9.17) is 4.74 Å². The van der Waals surface area contributed by atoms with Crippen molar-refractivity contribution < 1.29 is 26.3 Å². The standard InChI is InChI=1S/C24H19F3N8O3S/c1-13-21(20(15-3-4-15)33-23(31-13)24(25,26)27)38-22-19(39(36,37)34-17-11-30-35(2)12-17)6-5-18(32-22)16-7-14(8-28)9-29-10-16/h5-7,9-12,15,34H,3-4H2,1-2H3. The van der Waals surface area contributed by atoms with Gasteiger partial charge in [0.2, 0.25) is 11.7 Å². The molecule has 1 saturated carbocycles. The molecule has 1 fully saturated rings. The highest BCUT2D eigenvalue weighted by molar-refractivity contribution is 7.92. The lowest BCUT2D eigenvalue weighted by Crippen LogP contribution is -2.16. The molecule has 0 aliphatic heterocycles. The molecular formula is C24H19F3N8O3S. The quantitative estimate of drug-likeness (QED) is 0.351. The zero-order valence-corrected chi connectivity index (χ0v) is 21.2. The van der Waals surface area contributed by atoms with Gasteiger partial charge >= 0.3 is 6.18 Å². The molecule has 15 heteroatoms. The number of nitriles is 1. The van der Waals surface area contributed by atoms with Gasteiger partial charge in [-0.05, 0) is 38.0 Å². The monoisotopic (exact) mass is 556 g/mol. The van der Waals surface area contributed by atoms with Gasteiger partial charge in [-0.2, -0.15) is 23.5 Å². The summed E-state index contributed by atoms with van der Waals surface area (Å²) in [6, 6.07) is 6.11. The van der Waals surface area contributed by atoms with Crippen LogP contribution in [-0.4, -0.2) is 38.1 Å². The minimum absolute atomic E-state index is 0.0266. The fourth-order valence-electron chi connectivity index (χ4n) is 3.76. The van der Waals surface area contributed by atoms with E-state index in [-0.39, 0.29) is 44.9 Å². The van der Waals surface area contributed by atoms with Gasteiger partial charge in [0.25, 0.3) is 10.0 Å². The molecule has 39 heavy (non-hydrogen) atoms. The summed E-state index contributed by atoms with van der Waals surface area (Å²) >= 11 is 0. The van der Waals surface area contributed by atoms with Crippen LogP contribution in [0.4, 0.5) is 18.9 Å². The Kier molecular flexibility index (Phi) is 6.43. The number of anilines is 1. The zero-order valence-electron chi connectivity index (χ0n) is 20.4. The van der Waals surface area contributed by atoms with Crippen molar-refractivity contribution in [2.75, 3.05) is 4.72 Å². The van der Waals surface area contributed by atoms with Gasteiger partial charge in [-0.1, -0.05) is 0 Å². The molecule has 0 amide bonds. The number of alkyl halides is 3. The Morgan fingerprint density at radius 1 is 1.15 bits per heavy atom. The van der Waals surface area contributed by atoms with E-state index < -0.39 is 27.9 Å². The Hall–Kier alpha value is -4.58. The van der Waals surface area contributed by atoms with Gasteiger partial charge < -0.3 is 4.74 Å². The van der Waals surface area contributed by atoms with Gasteiger partial charge in [-0.3, -0.25) is 14.4 Å². The summed E-state index contributed by atoms with van der Waals surface area (Å²) in [7, 11) is -2.69. The number of halogens is 3. The average Bonchev–Trinajstić information content (AvgIpc) is 3.65. The molecule has 4 aromatic rings. The van der Waals surface area contributed by atoms with Crippen LogP contribution in [0.3, 0.4) is 0 Å². The van der Waals surface area contributed by atoms with Crippen LogP contribution < -0.4 is 9.46 Å². The summed E-state index contributed by atoms with van der Waals surface area (Å²) in [6.45, 7) is 1.32. The van der Waals surface area contributed by atoms with Crippen LogP contribution in [0.25, 0.3) is 11.3 Å². The molecule has 4 heterocycles. The van der Waals surface area contributed by atoms with Crippen LogP contribution in [0.2, 0.25) is 0 Å². The van der Waals surface area contributed by atoms with Crippen molar-refractivity contribution in [1.82, 2.24) is 29.7 Å². The molecule has 1 aliphatic rings. The van der Waals surface area contributed by atoms with Crippen LogP contribution in [-0.2, 0) is 23.2 Å². The van der Waals surface area contributed by atoms with Crippen molar-refractivity contribution in [2.24, 2.45) is 7.05 Å². The fraction of sp³-hybridized carbons (Fsp3) is 0.250. The first-order valence-corrected chi connectivity index (χ1v) is 12.9. The summed E-state index contributed by atoms with van der Waals surface area (Å²) in [4.78, 5) is 15.3. The number of hydrogen-bond acceptors (Lipinski definition) is 9. The molecular weight excluding hydrogens is 537 g/mol. The lowest BCUT2D eigenvalue weighted by atomic mass is 10.1. The predicted octanol–water partition coefficient (Wildman–Crippen LogP) is 4.34. The number of aromatic nitrogens is 6. The Morgan fingerprint density at radius 3 is 2.56 bits per heavy atom. The second-order valence-electron chi connectivity index (χ2n) is 8.80. The minimum Gasteiger partial charge on any atom is -0.434 e. The van der Waals surface area contributed by atoms with Gasteiger partial charge in [0.1, 0.15) is 11.0 Å². The predicted molar refractivity (Wildman–Crippen MR) is 130 cm³/mol. The Bertz CT molecular complexity index is 1730. The molecule has 0 unspecified atom stereocenters. The molecule has 1 aliphatic carbocycles. The maximum atomic E-state index is 13.4. The smallest absolute Gasteiger partial charge is 0.434 e. The zero-order chi connectivity index (χ0) is 27.9. The lowest BCUT2D eigenvalue weighted by molar-refractivity contribution is -0.145. The molecule has 0 aromatic carbocycles. The molecule has 0 radical (unpaired) electrons. The molecule has 1 N–H and O–H groups in total. The number of ether oxygens (including phenoxy) is 1. The van der Waals surface area contributed by atoms with Crippen LogP contribution in [0.1, 0.15) is 41.5 Å². The highest BCUT2D eigenvalue weighted by atomic mass is 32.2. The van der Waals surface area contributed by atoms with E-state index in [9.17, 15) is 26.9 Å². The lowest BCUT2D eigenvalue weighted by Gasteiger charge is -2.17. The third-order valence-electron chi connectivity index (χ3n) is 5.71. The molecule has 4 aromatic heterocycles. The third-order valence-corrected chi connectivity index (χ3v) is 7.11. The number of nitrogens with one attached hydrogen (secondary N) is 1. The summed E-state index contributed by atoms with van der Waals surface area (Å²) in [5.74, 6) is -2.12. The maximum absolute atomic E-state index is 13.4. The number of sulfonamides is 1. The summed E-state index contributed by atoms with van der Waals surface area (Å²) < 4.78 is 76.7. The Labute approximate surface area is 220 Å². The van der Waals surface area contributed by atoms with Gasteiger partial charge in [-0.15, -0.1) is 0 Å². The average molecular weight is 557 g/mol. The molecule has 5 rings (SSSR count). The van der Waals surface area contributed by atoms with Gasteiger partial charge in [0.05, 0.1) is 34.5 Å². The van der Waals surface area contributed by atoms with E-state index in [1.165, 1.54) is 54.6 Å². The first-order valence-electron chi connectivity index (χ1n) is 11.5.